The van der Waals surface area contributed by atoms with Crippen LogP contribution in [0.3, 0.4) is 0 Å². The van der Waals surface area contributed by atoms with E-state index in [1.165, 1.54) is 6.39 Å². The Labute approximate surface area is 70.2 Å². The van der Waals surface area contributed by atoms with Gasteiger partial charge in [-0.15, -0.1) is 0 Å². The summed E-state index contributed by atoms with van der Waals surface area (Å²) in [6, 6.07) is 0. The summed E-state index contributed by atoms with van der Waals surface area (Å²) >= 11 is 0. The molecule has 12 heavy (non-hydrogen) atoms. The Morgan fingerprint density at radius 2 is 2.50 bits per heavy atom. The van der Waals surface area contributed by atoms with E-state index in [1.807, 2.05) is 4.90 Å². The SMILES string of the molecule is O=C1CCCN(c2cnco2)C1. The fourth-order valence-electron chi connectivity index (χ4n) is 1.39. The average Bonchev–Trinajstić information content (AvgIpc) is 2.56. The molecule has 1 fully saturated rings. The molecule has 64 valence electrons. The molecular formula is C8H10N2O2. The van der Waals surface area contributed by atoms with Crippen molar-refractivity contribution in [2.75, 3.05) is 18.0 Å². The average molecular weight is 166 g/mol. The topological polar surface area (TPSA) is 46.3 Å². The molecule has 0 unspecified atom stereocenters. The minimum atomic E-state index is 0.276. The van der Waals surface area contributed by atoms with Crippen molar-refractivity contribution in [3.05, 3.63) is 12.6 Å². The van der Waals surface area contributed by atoms with Gasteiger partial charge in [-0.2, -0.15) is 0 Å². The lowest BCUT2D eigenvalue weighted by Gasteiger charge is -2.24. The van der Waals surface area contributed by atoms with Crippen LogP contribution in [0.5, 0.6) is 0 Å². The van der Waals surface area contributed by atoms with Gasteiger partial charge in [0.2, 0.25) is 5.88 Å². The van der Waals surface area contributed by atoms with Gasteiger partial charge < -0.3 is 9.32 Å². The van der Waals surface area contributed by atoms with Crippen LogP contribution in [0.1, 0.15) is 12.8 Å². The van der Waals surface area contributed by atoms with Gasteiger partial charge in [0.05, 0.1) is 12.7 Å². The summed E-state index contributed by atoms with van der Waals surface area (Å²) < 4.78 is 5.08. The second-order valence-corrected chi connectivity index (χ2v) is 2.90. The molecule has 0 atom stereocenters. The number of hydrogen-bond acceptors (Lipinski definition) is 4. The summed E-state index contributed by atoms with van der Waals surface area (Å²) in [5, 5.41) is 0. The third kappa shape index (κ3) is 1.32. The number of piperidine rings is 1. The van der Waals surface area contributed by atoms with Crippen LogP contribution in [0.25, 0.3) is 0 Å². The van der Waals surface area contributed by atoms with Crippen LogP contribution in [-0.2, 0) is 4.79 Å². The maximum absolute atomic E-state index is 11.1. The monoisotopic (exact) mass is 166 g/mol. The number of rotatable bonds is 1. The third-order valence-corrected chi connectivity index (χ3v) is 1.98. The molecule has 0 spiro atoms. The van der Waals surface area contributed by atoms with Gasteiger partial charge in [0.1, 0.15) is 0 Å². The maximum atomic E-state index is 11.1. The molecule has 1 aromatic heterocycles. The highest BCUT2D eigenvalue weighted by molar-refractivity contribution is 5.84. The molecule has 0 radical (unpaired) electrons. The summed E-state index contributed by atoms with van der Waals surface area (Å²) in [6.07, 6.45) is 4.64. The molecule has 0 aromatic carbocycles. The quantitative estimate of drug-likeness (QED) is 0.620. The Bertz CT molecular complexity index is 269. The molecule has 1 saturated heterocycles. The van der Waals surface area contributed by atoms with Gasteiger partial charge in [0, 0.05) is 13.0 Å². The third-order valence-electron chi connectivity index (χ3n) is 1.98. The summed E-state index contributed by atoms with van der Waals surface area (Å²) in [6.45, 7) is 1.36. The first kappa shape index (κ1) is 7.34. The second-order valence-electron chi connectivity index (χ2n) is 2.90. The summed E-state index contributed by atoms with van der Waals surface area (Å²) in [5.74, 6) is 0.973. The van der Waals surface area contributed by atoms with E-state index in [9.17, 15) is 4.79 Å². The van der Waals surface area contributed by atoms with E-state index in [4.69, 9.17) is 4.42 Å². The van der Waals surface area contributed by atoms with Gasteiger partial charge >= 0.3 is 0 Å². The van der Waals surface area contributed by atoms with E-state index in [0.717, 1.165) is 13.0 Å². The van der Waals surface area contributed by atoms with Gasteiger partial charge in [0.25, 0.3) is 0 Å². The van der Waals surface area contributed by atoms with Gasteiger partial charge in [-0.1, -0.05) is 0 Å². The van der Waals surface area contributed by atoms with Crippen molar-refractivity contribution in [3.63, 3.8) is 0 Å². The molecule has 0 amide bonds. The lowest BCUT2D eigenvalue weighted by molar-refractivity contribution is -0.118. The van der Waals surface area contributed by atoms with Crippen LogP contribution >= 0.6 is 0 Å². The predicted octanol–water partition coefficient (Wildman–Crippen LogP) is 0.844. The van der Waals surface area contributed by atoms with Crippen molar-refractivity contribution in [2.24, 2.45) is 0 Å². The first-order chi connectivity index (χ1) is 5.86. The molecule has 2 rings (SSSR count). The normalized spacial score (nSPS) is 18.3. The molecule has 1 aromatic rings. The number of aromatic nitrogens is 1. The van der Waals surface area contributed by atoms with Gasteiger partial charge in [0.15, 0.2) is 12.2 Å². The molecule has 0 saturated carbocycles. The van der Waals surface area contributed by atoms with Crippen molar-refractivity contribution in [1.29, 1.82) is 0 Å². The fourth-order valence-corrected chi connectivity index (χ4v) is 1.39. The van der Waals surface area contributed by atoms with Crippen molar-refractivity contribution < 1.29 is 9.21 Å². The van der Waals surface area contributed by atoms with Crippen LogP contribution in [0.2, 0.25) is 0 Å². The Hall–Kier alpha value is -1.32. The number of nitrogens with zero attached hydrogens (tertiary/aromatic N) is 2. The molecule has 0 bridgehead atoms. The molecule has 0 aliphatic carbocycles. The Balaban J connectivity index is 2.09. The fraction of sp³-hybridized carbons (Fsp3) is 0.500. The minimum absolute atomic E-state index is 0.276. The molecule has 1 aliphatic heterocycles. The van der Waals surface area contributed by atoms with Crippen molar-refractivity contribution >= 4 is 11.7 Å². The van der Waals surface area contributed by atoms with Crippen molar-refractivity contribution in [1.82, 2.24) is 4.98 Å². The van der Waals surface area contributed by atoms with Gasteiger partial charge in [-0.25, -0.2) is 4.98 Å². The van der Waals surface area contributed by atoms with Crippen molar-refractivity contribution in [2.45, 2.75) is 12.8 Å². The van der Waals surface area contributed by atoms with Crippen molar-refractivity contribution in [3.8, 4) is 0 Å². The Morgan fingerprint density at radius 3 is 3.17 bits per heavy atom. The van der Waals surface area contributed by atoms with Crippen LogP contribution in [0, 0.1) is 0 Å². The molecule has 2 heterocycles. The first-order valence-corrected chi connectivity index (χ1v) is 4.01. The molecule has 4 nitrogen and oxygen atoms in total. The summed E-state index contributed by atoms with van der Waals surface area (Å²) in [5.41, 5.74) is 0. The Kier molecular flexibility index (Phi) is 1.81. The zero-order chi connectivity index (χ0) is 8.39. The van der Waals surface area contributed by atoms with E-state index < -0.39 is 0 Å². The largest absolute Gasteiger partial charge is 0.428 e. The van der Waals surface area contributed by atoms with E-state index in [-0.39, 0.29) is 5.78 Å². The van der Waals surface area contributed by atoms with E-state index in [1.54, 1.807) is 6.20 Å². The minimum Gasteiger partial charge on any atom is -0.428 e. The highest BCUT2D eigenvalue weighted by Crippen LogP contribution is 2.16. The van der Waals surface area contributed by atoms with E-state index in [2.05, 4.69) is 4.98 Å². The maximum Gasteiger partial charge on any atom is 0.216 e. The highest BCUT2D eigenvalue weighted by atomic mass is 16.4. The number of carbonyl (C=O) groups is 1. The second kappa shape index (κ2) is 2.97. The highest BCUT2D eigenvalue weighted by Gasteiger charge is 2.18. The summed E-state index contributed by atoms with van der Waals surface area (Å²) in [7, 11) is 0. The number of Topliss-reactive ketones (excluding diaryl/α,β-unsaturated/α-hetero) is 1. The zero-order valence-electron chi connectivity index (χ0n) is 6.69. The van der Waals surface area contributed by atoms with Crippen LogP contribution < -0.4 is 4.90 Å². The lowest BCUT2D eigenvalue weighted by Crippen LogP contribution is -2.35. The zero-order valence-corrected chi connectivity index (χ0v) is 6.69. The summed E-state index contributed by atoms with van der Waals surface area (Å²) in [4.78, 5) is 16.8. The van der Waals surface area contributed by atoms with Crippen LogP contribution in [0.15, 0.2) is 17.0 Å². The Morgan fingerprint density at radius 1 is 1.58 bits per heavy atom. The number of carbonyl (C=O) groups excluding carboxylic acids is 1. The number of oxazole rings is 1. The smallest absolute Gasteiger partial charge is 0.216 e. The molecular weight excluding hydrogens is 156 g/mol. The molecule has 1 aliphatic rings. The first-order valence-electron chi connectivity index (χ1n) is 4.01. The standard InChI is InChI=1S/C8H10N2O2/c11-7-2-1-3-10(5-7)8-4-9-6-12-8/h4,6H,1-3,5H2. The van der Waals surface area contributed by atoms with Gasteiger partial charge in [-0.05, 0) is 6.42 Å². The lowest BCUT2D eigenvalue weighted by atomic mass is 10.1. The number of ketones is 1. The number of anilines is 1. The van der Waals surface area contributed by atoms with E-state index in [0.29, 0.717) is 18.8 Å². The number of hydrogen-bond donors (Lipinski definition) is 0. The molecule has 4 heteroatoms. The van der Waals surface area contributed by atoms with E-state index >= 15 is 0 Å². The predicted molar refractivity (Wildman–Crippen MR) is 43.0 cm³/mol. The van der Waals surface area contributed by atoms with Crippen LogP contribution in [0.4, 0.5) is 5.88 Å². The molecule has 0 N–H and O–H groups in total. The van der Waals surface area contributed by atoms with Gasteiger partial charge in [-0.3, -0.25) is 4.79 Å². The van der Waals surface area contributed by atoms with Crippen LogP contribution in [-0.4, -0.2) is 23.9 Å².